The van der Waals surface area contributed by atoms with Gasteiger partial charge in [-0.1, -0.05) is 41.9 Å². The number of hydrogen-bond acceptors (Lipinski definition) is 8. The molecule has 11 nitrogen and oxygen atoms in total. The molecule has 0 unspecified atom stereocenters. The molecule has 0 saturated heterocycles. The summed E-state index contributed by atoms with van der Waals surface area (Å²) >= 11 is 5.93. The van der Waals surface area contributed by atoms with Crippen LogP contribution in [0.4, 0.5) is 24.8 Å². The molecule has 15 heteroatoms. The maximum atomic E-state index is 16.2. The molecular formula is C35H29ClF3N7O4. The molecule has 5 aromatic rings. The molecule has 1 aliphatic carbocycles. The molecule has 2 aromatic heterocycles. The summed E-state index contributed by atoms with van der Waals surface area (Å²) in [6.45, 7) is -0.571. The van der Waals surface area contributed by atoms with E-state index in [1.807, 2.05) is 0 Å². The first-order valence-electron chi connectivity index (χ1n) is 15.2. The van der Waals surface area contributed by atoms with Crippen LogP contribution in [0.25, 0.3) is 11.3 Å². The summed E-state index contributed by atoms with van der Waals surface area (Å²) in [6.07, 6.45) is 6.26. The van der Waals surface area contributed by atoms with Gasteiger partial charge >= 0.3 is 0 Å². The monoisotopic (exact) mass is 703 g/mol. The number of aromatic nitrogens is 3. The largest absolute Gasteiger partial charge is 0.495 e. The Hall–Kier alpha value is -5.73. The summed E-state index contributed by atoms with van der Waals surface area (Å²) in [4.78, 5) is 42.3. The number of carbonyl (C=O) groups is 2. The normalized spacial score (nSPS) is 14.0. The van der Waals surface area contributed by atoms with Gasteiger partial charge in [-0.2, -0.15) is 0 Å². The minimum atomic E-state index is -2.26. The Balaban J connectivity index is 1.45. The number of amides is 2. The molecule has 1 fully saturated rings. The van der Waals surface area contributed by atoms with Crippen LogP contribution in [0.15, 0.2) is 78.0 Å². The third-order valence-electron chi connectivity index (χ3n) is 8.00. The number of H-pyrrole nitrogens is 1. The van der Waals surface area contributed by atoms with Crippen molar-refractivity contribution in [2.45, 2.75) is 24.5 Å². The van der Waals surface area contributed by atoms with Crippen LogP contribution < -0.4 is 21.1 Å². The molecular weight excluding hydrogens is 675 g/mol. The van der Waals surface area contributed by atoms with E-state index in [2.05, 4.69) is 30.6 Å². The Labute approximate surface area is 288 Å². The molecule has 3 aromatic carbocycles. The van der Waals surface area contributed by atoms with Crippen LogP contribution >= 0.6 is 11.6 Å². The lowest BCUT2D eigenvalue weighted by Crippen LogP contribution is -2.42. The standard InChI is InChI=1S/C35H29ClF3N7O4/c1-50-27-12-18(11-19(30(27)40)16-43-21-7-8-21)32(47)44-17-35(49,20-5-3-2-4-6-20)28-14-23(33(48)46-34-41-9-10-42-34)29(39)31(45-28)22-13-24(36)26(38)15-25(22)37/h2-6,9-16,21,49H,7-8,17,40H2,1H3,(H,44,47)(H2,41,42,46,48)/t35-/m1/s1. The third kappa shape index (κ3) is 7.02. The lowest BCUT2D eigenvalue weighted by molar-refractivity contribution is 0.0665. The second-order valence-corrected chi connectivity index (χ2v) is 11.9. The number of nitrogen functional groups attached to an aromatic ring is 1. The maximum absolute atomic E-state index is 16.2. The fourth-order valence-electron chi connectivity index (χ4n) is 5.13. The van der Waals surface area contributed by atoms with Crippen molar-refractivity contribution in [1.29, 1.82) is 0 Å². The fraction of sp³-hybridized carbons (Fsp3) is 0.171. The summed E-state index contributed by atoms with van der Waals surface area (Å²) in [5, 5.41) is 16.9. The Morgan fingerprint density at radius 2 is 1.88 bits per heavy atom. The van der Waals surface area contributed by atoms with Crippen molar-refractivity contribution in [1.82, 2.24) is 20.3 Å². The number of imidazole rings is 1. The molecule has 1 aliphatic rings. The van der Waals surface area contributed by atoms with Crippen LogP contribution in [0, 0.1) is 17.5 Å². The zero-order valence-corrected chi connectivity index (χ0v) is 27.1. The van der Waals surface area contributed by atoms with Crippen molar-refractivity contribution in [3.8, 4) is 17.0 Å². The molecule has 1 atom stereocenters. The van der Waals surface area contributed by atoms with Crippen molar-refractivity contribution < 1.29 is 32.6 Å². The van der Waals surface area contributed by atoms with E-state index in [0.29, 0.717) is 11.6 Å². The van der Waals surface area contributed by atoms with Gasteiger partial charge in [0.05, 0.1) is 41.7 Å². The average Bonchev–Trinajstić information content (AvgIpc) is 3.81. The molecule has 1 saturated carbocycles. The Morgan fingerprint density at radius 1 is 1.12 bits per heavy atom. The summed E-state index contributed by atoms with van der Waals surface area (Å²) in [6, 6.07) is 13.3. The lowest BCUT2D eigenvalue weighted by Gasteiger charge is -2.30. The Kier molecular flexibility index (Phi) is 9.57. The third-order valence-corrected chi connectivity index (χ3v) is 8.29. The van der Waals surface area contributed by atoms with E-state index in [4.69, 9.17) is 22.1 Å². The smallest absolute Gasteiger partial charge is 0.261 e. The molecule has 0 spiro atoms. The van der Waals surface area contributed by atoms with E-state index in [9.17, 15) is 19.1 Å². The first kappa shape index (κ1) is 34.1. The van der Waals surface area contributed by atoms with Crippen LogP contribution in [0.5, 0.6) is 5.75 Å². The maximum Gasteiger partial charge on any atom is 0.261 e. The minimum absolute atomic E-state index is 0.0311. The molecule has 50 heavy (non-hydrogen) atoms. The zero-order valence-electron chi connectivity index (χ0n) is 26.3. The predicted octanol–water partition coefficient (Wildman–Crippen LogP) is 5.63. The summed E-state index contributed by atoms with van der Waals surface area (Å²) in [7, 11) is 1.40. The number of nitrogens with zero attached hydrogens (tertiary/aromatic N) is 3. The number of aromatic amines is 1. The first-order valence-corrected chi connectivity index (χ1v) is 15.6. The highest BCUT2D eigenvalue weighted by atomic mass is 35.5. The second kappa shape index (κ2) is 14.0. The number of nitrogens with one attached hydrogen (secondary N) is 3. The Bertz CT molecular complexity index is 2110. The van der Waals surface area contributed by atoms with Gasteiger partial charge < -0.3 is 25.9 Å². The van der Waals surface area contributed by atoms with Crippen molar-refractivity contribution in [2.75, 3.05) is 24.7 Å². The van der Waals surface area contributed by atoms with E-state index in [1.54, 1.807) is 24.4 Å². The van der Waals surface area contributed by atoms with Gasteiger partial charge in [-0.3, -0.25) is 19.9 Å². The number of methoxy groups -OCH3 is 1. The molecule has 0 radical (unpaired) electrons. The van der Waals surface area contributed by atoms with E-state index in [-0.39, 0.29) is 40.2 Å². The SMILES string of the molecule is COc1cc(C(=O)NC[C@@](O)(c2ccccc2)c2cc(C(=O)Nc3ncc[nH]3)c(F)c(-c3cc(Cl)c(F)cc3F)n2)cc(C=NC2CC2)c1N. The summed E-state index contributed by atoms with van der Waals surface area (Å²) in [5.41, 5.74) is 2.62. The first-order chi connectivity index (χ1) is 24.0. The van der Waals surface area contributed by atoms with Crippen LogP contribution in [-0.4, -0.2) is 57.8 Å². The molecule has 256 valence electrons. The fourth-order valence-corrected chi connectivity index (χ4v) is 5.29. The van der Waals surface area contributed by atoms with Gasteiger partial charge in [-0.15, -0.1) is 0 Å². The molecule has 2 heterocycles. The van der Waals surface area contributed by atoms with Crippen molar-refractivity contribution in [3.63, 3.8) is 0 Å². The van der Waals surface area contributed by atoms with Crippen molar-refractivity contribution in [3.05, 3.63) is 123 Å². The van der Waals surface area contributed by atoms with E-state index in [1.165, 1.54) is 43.8 Å². The number of anilines is 2. The number of aliphatic hydroxyl groups is 1. The number of halogens is 4. The molecule has 0 aliphatic heterocycles. The number of carbonyl (C=O) groups excluding carboxylic acids is 2. The number of hydrogen-bond donors (Lipinski definition) is 5. The number of nitrogens with two attached hydrogens (primary N) is 1. The number of ether oxygens (including phenoxy) is 1. The zero-order chi connectivity index (χ0) is 35.6. The predicted molar refractivity (Wildman–Crippen MR) is 181 cm³/mol. The average molecular weight is 704 g/mol. The van der Waals surface area contributed by atoms with E-state index < -0.39 is 63.3 Å². The van der Waals surface area contributed by atoms with Gasteiger partial charge in [-0.05, 0) is 42.7 Å². The number of rotatable bonds is 11. The van der Waals surface area contributed by atoms with E-state index >= 15 is 8.78 Å². The molecule has 6 rings (SSSR count). The van der Waals surface area contributed by atoms with Gasteiger partial charge in [0.25, 0.3) is 11.8 Å². The lowest BCUT2D eigenvalue weighted by atomic mass is 9.88. The number of benzene rings is 3. The summed E-state index contributed by atoms with van der Waals surface area (Å²) < 4.78 is 50.8. The molecule has 6 N–H and O–H groups in total. The van der Waals surface area contributed by atoms with Gasteiger partial charge in [-0.25, -0.2) is 23.1 Å². The van der Waals surface area contributed by atoms with Crippen LogP contribution in [0.2, 0.25) is 5.02 Å². The van der Waals surface area contributed by atoms with Crippen LogP contribution in [0.3, 0.4) is 0 Å². The van der Waals surface area contributed by atoms with Crippen LogP contribution in [-0.2, 0) is 5.60 Å². The minimum Gasteiger partial charge on any atom is -0.495 e. The second-order valence-electron chi connectivity index (χ2n) is 11.5. The Morgan fingerprint density at radius 3 is 2.56 bits per heavy atom. The summed E-state index contributed by atoms with van der Waals surface area (Å²) in [5.74, 6) is -5.14. The van der Waals surface area contributed by atoms with E-state index in [0.717, 1.165) is 25.0 Å². The highest BCUT2D eigenvalue weighted by Crippen LogP contribution is 2.36. The van der Waals surface area contributed by atoms with Crippen molar-refractivity contribution in [2.24, 2.45) is 4.99 Å². The highest BCUT2D eigenvalue weighted by Gasteiger charge is 2.37. The van der Waals surface area contributed by atoms with Crippen molar-refractivity contribution >= 4 is 41.3 Å². The molecule has 2 amide bonds. The quantitative estimate of drug-likeness (QED) is 0.0675. The van der Waals surface area contributed by atoms with Crippen LogP contribution in [0.1, 0.15) is 50.4 Å². The number of aliphatic imine (C=N–C) groups is 1. The van der Waals surface area contributed by atoms with Gasteiger partial charge in [0.15, 0.2) is 5.82 Å². The van der Waals surface area contributed by atoms with Gasteiger partial charge in [0.2, 0.25) is 5.95 Å². The highest BCUT2D eigenvalue weighted by molar-refractivity contribution is 6.31. The van der Waals surface area contributed by atoms with Gasteiger partial charge in [0.1, 0.15) is 28.7 Å². The topological polar surface area (TPSA) is 168 Å². The number of pyridine rings is 1. The van der Waals surface area contributed by atoms with Gasteiger partial charge in [0, 0.05) is 41.4 Å². The molecule has 0 bridgehead atoms.